The number of rotatable bonds is 5. The summed E-state index contributed by atoms with van der Waals surface area (Å²) in [7, 11) is 0. The van der Waals surface area contributed by atoms with Crippen molar-refractivity contribution in [1.82, 2.24) is 9.78 Å². The van der Waals surface area contributed by atoms with Gasteiger partial charge < -0.3 is 5.11 Å². The lowest BCUT2D eigenvalue weighted by molar-refractivity contribution is 0.0696. The van der Waals surface area contributed by atoms with Gasteiger partial charge in [-0.25, -0.2) is 13.9 Å². The van der Waals surface area contributed by atoms with Crippen molar-refractivity contribution in [2.75, 3.05) is 0 Å². The number of benzene rings is 2. The molecule has 0 atom stereocenters. The molecule has 0 aliphatic carbocycles. The molecule has 0 saturated heterocycles. The molecule has 0 aliphatic heterocycles. The Morgan fingerprint density at radius 3 is 2.65 bits per heavy atom. The number of aromatic nitrogens is 2. The van der Waals surface area contributed by atoms with Crippen LogP contribution in [0.5, 0.6) is 0 Å². The first kappa shape index (κ1) is 18.0. The van der Waals surface area contributed by atoms with E-state index in [9.17, 15) is 14.0 Å². The van der Waals surface area contributed by atoms with Crippen LogP contribution in [0.3, 0.4) is 0 Å². The molecule has 0 radical (unpaired) electrons. The molecule has 0 saturated carbocycles. The molecule has 26 heavy (non-hydrogen) atoms. The maximum absolute atomic E-state index is 14.2. The Hall–Kier alpha value is -2.80. The van der Waals surface area contributed by atoms with Crippen molar-refractivity contribution in [2.45, 2.75) is 11.9 Å². The number of hydrogen-bond donors (Lipinski definition) is 1. The number of hydrogen-bond acceptors (Lipinski definition) is 3. The molecule has 0 bridgehead atoms. The van der Waals surface area contributed by atoms with Crippen molar-refractivity contribution >= 4 is 21.9 Å². The zero-order chi connectivity index (χ0) is 18.7. The number of carboxylic acids is 1. The van der Waals surface area contributed by atoms with Crippen molar-refractivity contribution in [3.8, 4) is 11.3 Å². The Balaban J connectivity index is 2.00. The van der Waals surface area contributed by atoms with Crippen molar-refractivity contribution < 1.29 is 14.3 Å². The first-order valence-corrected chi connectivity index (χ1v) is 8.85. The summed E-state index contributed by atoms with van der Waals surface area (Å²) in [4.78, 5) is 23.2. The first-order chi connectivity index (χ1) is 12.5. The van der Waals surface area contributed by atoms with Gasteiger partial charge in [0.25, 0.3) is 5.56 Å². The molecule has 0 aliphatic rings. The Morgan fingerprint density at radius 2 is 1.92 bits per heavy atom. The summed E-state index contributed by atoms with van der Waals surface area (Å²) in [5.41, 5.74) is 1.91. The second-order valence-electron chi connectivity index (χ2n) is 5.67. The predicted molar refractivity (Wildman–Crippen MR) is 99.0 cm³/mol. The first-order valence-electron chi connectivity index (χ1n) is 7.73. The van der Waals surface area contributed by atoms with Gasteiger partial charge >= 0.3 is 5.97 Å². The molecule has 1 heterocycles. The minimum Gasteiger partial charge on any atom is -0.478 e. The predicted octanol–water partition coefficient (Wildman–Crippen LogP) is 3.69. The Bertz CT molecular complexity index is 1030. The fourth-order valence-corrected chi connectivity index (χ4v) is 2.88. The van der Waals surface area contributed by atoms with Gasteiger partial charge in [-0.2, -0.15) is 5.10 Å². The third-order valence-corrected chi connectivity index (χ3v) is 4.48. The second-order valence-corrected chi connectivity index (χ2v) is 6.23. The van der Waals surface area contributed by atoms with E-state index >= 15 is 0 Å². The summed E-state index contributed by atoms with van der Waals surface area (Å²) in [6, 6.07) is 13.8. The molecule has 132 valence electrons. The number of halogens is 2. The number of aromatic carboxylic acids is 1. The van der Waals surface area contributed by atoms with Gasteiger partial charge in [0.1, 0.15) is 5.82 Å². The van der Waals surface area contributed by atoms with Crippen LogP contribution in [0.15, 0.2) is 59.4 Å². The van der Waals surface area contributed by atoms with Gasteiger partial charge in [0.2, 0.25) is 0 Å². The van der Waals surface area contributed by atoms with E-state index in [1.165, 1.54) is 35.0 Å². The Kier molecular flexibility index (Phi) is 5.27. The van der Waals surface area contributed by atoms with Crippen LogP contribution in [0.25, 0.3) is 11.3 Å². The van der Waals surface area contributed by atoms with Crippen molar-refractivity contribution in [3.63, 3.8) is 0 Å². The third kappa shape index (κ3) is 3.88. The van der Waals surface area contributed by atoms with Crippen LogP contribution in [0.1, 0.15) is 21.5 Å². The van der Waals surface area contributed by atoms with Crippen LogP contribution in [0, 0.1) is 5.82 Å². The highest BCUT2D eigenvalue weighted by Gasteiger charge is 2.11. The van der Waals surface area contributed by atoms with E-state index in [0.29, 0.717) is 22.2 Å². The largest absolute Gasteiger partial charge is 0.478 e. The van der Waals surface area contributed by atoms with Gasteiger partial charge in [-0.15, -0.1) is 0 Å². The van der Waals surface area contributed by atoms with Crippen LogP contribution < -0.4 is 5.56 Å². The lowest BCUT2D eigenvalue weighted by Crippen LogP contribution is -2.23. The molecule has 0 unspecified atom stereocenters. The normalized spacial score (nSPS) is 10.7. The van der Waals surface area contributed by atoms with E-state index in [1.807, 2.05) is 0 Å². The molecule has 2 aromatic carbocycles. The molecule has 0 fully saturated rings. The Morgan fingerprint density at radius 1 is 1.12 bits per heavy atom. The smallest absolute Gasteiger partial charge is 0.335 e. The molecular formula is C19H14BrFN2O3. The van der Waals surface area contributed by atoms with Crippen LogP contribution in [0.2, 0.25) is 0 Å². The Labute approximate surface area is 156 Å². The zero-order valence-electron chi connectivity index (χ0n) is 13.5. The molecule has 7 heteroatoms. The van der Waals surface area contributed by atoms with Gasteiger partial charge in [0, 0.05) is 17.0 Å². The molecule has 0 amide bonds. The molecule has 1 aromatic heterocycles. The molecule has 0 spiro atoms. The minimum absolute atomic E-state index is 0.0908. The highest BCUT2D eigenvalue weighted by Crippen LogP contribution is 2.22. The van der Waals surface area contributed by atoms with E-state index in [4.69, 9.17) is 5.11 Å². The second kappa shape index (κ2) is 7.61. The van der Waals surface area contributed by atoms with Crippen LogP contribution in [-0.4, -0.2) is 20.9 Å². The molecule has 5 nitrogen and oxygen atoms in total. The van der Waals surface area contributed by atoms with Crippen molar-refractivity contribution in [2.24, 2.45) is 0 Å². The lowest BCUT2D eigenvalue weighted by atomic mass is 10.1. The summed E-state index contributed by atoms with van der Waals surface area (Å²) >= 11 is 3.33. The van der Waals surface area contributed by atoms with Crippen molar-refractivity contribution in [1.29, 1.82) is 0 Å². The van der Waals surface area contributed by atoms with Gasteiger partial charge in [-0.05, 0) is 41.5 Å². The number of nitrogens with zero attached hydrogens (tertiary/aromatic N) is 2. The van der Waals surface area contributed by atoms with Crippen LogP contribution >= 0.6 is 15.9 Å². The fourth-order valence-electron chi connectivity index (χ4n) is 2.53. The summed E-state index contributed by atoms with van der Waals surface area (Å²) in [6.45, 7) is 0.0908. The van der Waals surface area contributed by atoms with Gasteiger partial charge in [-0.3, -0.25) is 4.79 Å². The van der Waals surface area contributed by atoms with Gasteiger partial charge in [0.15, 0.2) is 0 Å². The highest BCUT2D eigenvalue weighted by atomic mass is 79.9. The zero-order valence-corrected chi connectivity index (χ0v) is 15.1. The third-order valence-electron chi connectivity index (χ3n) is 3.83. The standard InChI is InChI=1S/C19H14BrFN2O3/c20-10-12-4-5-16(21)15(9-12)17-6-7-18(24)23(22-17)11-13-2-1-3-14(8-13)19(25)26/h1-9H,10-11H2,(H,25,26). The quantitative estimate of drug-likeness (QED) is 0.643. The average Bonchev–Trinajstić information content (AvgIpc) is 2.64. The summed E-state index contributed by atoms with van der Waals surface area (Å²) in [6.07, 6.45) is 0. The van der Waals surface area contributed by atoms with E-state index < -0.39 is 11.8 Å². The SMILES string of the molecule is O=C(O)c1cccc(Cn2nc(-c3cc(CBr)ccc3F)ccc2=O)c1. The fraction of sp³-hybridized carbons (Fsp3) is 0.105. The van der Waals surface area contributed by atoms with E-state index in [-0.39, 0.29) is 17.7 Å². The van der Waals surface area contributed by atoms with Gasteiger partial charge in [-0.1, -0.05) is 34.1 Å². The minimum atomic E-state index is -1.05. The van der Waals surface area contributed by atoms with Crippen LogP contribution in [0.4, 0.5) is 4.39 Å². The van der Waals surface area contributed by atoms with Gasteiger partial charge in [0.05, 0.1) is 17.8 Å². The van der Waals surface area contributed by atoms with Crippen molar-refractivity contribution in [3.05, 3.63) is 87.5 Å². The van der Waals surface area contributed by atoms with E-state index in [2.05, 4.69) is 21.0 Å². The molecule has 1 N–H and O–H groups in total. The molecule has 3 rings (SSSR count). The van der Waals surface area contributed by atoms with E-state index in [0.717, 1.165) is 5.56 Å². The number of carbonyl (C=O) groups is 1. The highest BCUT2D eigenvalue weighted by molar-refractivity contribution is 9.08. The summed E-state index contributed by atoms with van der Waals surface area (Å²) in [5.74, 6) is -1.48. The van der Waals surface area contributed by atoms with Crippen LogP contribution in [-0.2, 0) is 11.9 Å². The monoisotopic (exact) mass is 416 g/mol. The number of alkyl halides is 1. The lowest BCUT2D eigenvalue weighted by Gasteiger charge is -2.09. The maximum Gasteiger partial charge on any atom is 0.335 e. The average molecular weight is 417 g/mol. The number of carboxylic acid groups (broad SMARTS) is 1. The molecule has 3 aromatic rings. The van der Waals surface area contributed by atoms with E-state index in [1.54, 1.807) is 24.3 Å². The topological polar surface area (TPSA) is 72.2 Å². The summed E-state index contributed by atoms with van der Waals surface area (Å²) in [5, 5.41) is 13.9. The molecular weight excluding hydrogens is 403 g/mol. The summed E-state index contributed by atoms with van der Waals surface area (Å²) < 4.78 is 15.4. The maximum atomic E-state index is 14.2.